The van der Waals surface area contributed by atoms with E-state index in [0.717, 1.165) is 37.5 Å². The van der Waals surface area contributed by atoms with Crippen LogP contribution in [-0.4, -0.2) is 30.0 Å². The van der Waals surface area contributed by atoms with Crippen molar-refractivity contribution in [2.45, 2.75) is 51.0 Å². The van der Waals surface area contributed by atoms with Gasteiger partial charge in [-0.25, -0.2) is 0 Å². The number of nitrogens with zero attached hydrogens (tertiary/aromatic N) is 1. The fraction of sp³-hybridized carbons (Fsp3) is 0.688. The molecule has 1 aliphatic heterocycles. The third kappa shape index (κ3) is 3.37. The standard InChI is InChI=1S/C16H24N2O2/c1-13-5-7-16(8-6-13)19-12-15(20-16)11-17-10-14-4-2-3-9-18-14/h2-4,9,13,15,17H,5-8,10-12H2,1H3/t13?,15-,16?/m0/s1. The second-order valence-electron chi connectivity index (χ2n) is 6.10. The summed E-state index contributed by atoms with van der Waals surface area (Å²) in [5.74, 6) is 0.540. The number of pyridine rings is 1. The van der Waals surface area contributed by atoms with Crippen LogP contribution in [0.3, 0.4) is 0 Å². The molecule has 2 heterocycles. The van der Waals surface area contributed by atoms with E-state index in [2.05, 4.69) is 17.2 Å². The first kappa shape index (κ1) is 14.0. The third-order valence-electron chi connectivity index (χ3n) is 4.35. The Labute approximate surface area is 120 Å². The Bertz CT molecular complexity index is 416. The first-order valence-corrected chi connectivity index (χ1v) is 7.68. The summed E-state index contributed by atoms with van der Waals surface area (Å²) >= 11 is 0. The van der Waals surface area contributed by atoms with Crippen molar-refractivity contribution in [1.82, 2.24) is 10.3 Å². The SMILES string of the molecule is CC1CCC2(CC1)OC[C@H](CNCc1ccccn1)O2. The van der Waals surface area contributed by atoms with E-state index in [1.54, 1.807) is 0 Å². The summed E-state index contributed by atoms with van der Waals surface area (Å²) in [4.78, 5) is 4.30. The Hall–Kier alpha value is -0.970. The molecule has 2 aliphatic rings. The Balaban J connectivity index is 1.42. The average Bonchev–Trinajstić information content (AvgIpc) is 2.87. The number of hydrogen-bond donors (Lipinski definition) is 1. The summed E-state index contributed by atoms with van der Waals surface area (Å²) < 4.78 is 12.1. The molecule has 1 aromatic rings. The molecule has 1 saturated heterocycles. The van der Waals surface area contributed by atoms with Crippen LogP contribution in [0.2, 0.25) is 0 Å². The predicted molar refractivity (Wildman–Crippen MR) is 77.1 cm³/mol. The maximum absolute atomic E-state index is 6.17. The van der Waals surface area contributed by atoms with E-state index in [4.69, 9.17) is 9.47 Å². The summed E-state index contributed by atoms with van der Waals surface area (Å²) in [5, 5.41) is 3.41. The van der Waals surface area contributed by atoms with Crippen LogP contribution < -0.4 is 5.32 Å². The minimum absolute atomic E-state index is 0.173. The van der Waals surface area contributed by atoms with E-state index in [1.807, 2.05) is 24.4 Å². The van der Waals surface area contributed by atoms with Crippen LogP contribution >= 0.6 is 0 Å². The van der Waals surface area contributed by atoms with Gasteiger partial charge in [-0.2, -0.15) is 0 Å². The molecule has 1 atom stereocenters. The minimum atomic E-state index is -0.274. The maximum atomic E-state index is 6.17. The van der Waals surface area contributed by atoms with E-state index in [0.29, 0.717) is 6.61 Å². The topological polar surface area (TPSA) is 43.4 Å². The number of ether oxygens (including phenoxy) is 2. The Morgan fingerprint density at radius 1 is 1.35 bits per heavy atom. The highest BCUT2D eigenvalue weighted by atomic mass is 16.7. The smallest absolute Gasteiger partial charge is 0.168 e. The van der Waals surface area contributed by atoms with Crippen LogP contribution in [0.4, 0.5) is 0 Å². The van der Waals surface area contributed by atoms with Gasteiger partial charge in [0.15, 0.2) is 5.79 Å². The maximum Gasteiger partial charge on any atom is 0.168 e. The summed E-state index contributed by atoms with van der Waals surface area (Å²) in [6.45, 7) is 4.63. The Morgan fingerprint density at radius 2 is 2.20 bits per heavy atom. The van der Waals surface area contributed by atoms with Crippen LogP contribution in [-0.2, 0) is 16.0 Å². The summed E-state index contributed by atoms with van der Waals surface area (Å²) in [7, 11) is 0. The van der Waals surface area contributed by atoms with Gasteiger partial charge in [0.1, 0.15) is 0 Å². The van der Waals surface area contributed by atoms with Gasteiger partial charge in [-0.1, -0.05) is 13.0 Å². The van der Waals surface area contributed by atoms with Crippen LogP contribution in [0, 0.1) is 5.92 Å². The first-order valence-electron chi connectivity index (χ1n) is 7.68. The van der Waals surface area contributed by atoms with Crippen LogP contribution in [0.25, 0.3) is 0 Å². The van der Waals surface area contributed by atoms with Gasteiger partial charge in [0.2, 0.25) is 0 Å². The van der Waals surface area contributed by atoms with Gasteiger partial charge in [0.25, 0.3) is 0 Å². The molecule has 1 aromatic heterocycles. The van der Waals surface area contributed by atoms with Crippen molar-refractivity contribution in [2.75, 3.05) is 13.2 Å². The molecule has 110 valence electrons. The van der Waals surface area contributed by atoms with Crippen molar-refractivity contribution in [3.8, 4) is 0 Å². The van der Waals surface area contributed by atoms with Gasteiger partial charge < -0.3 is 14.8 Å². The van der Waals surface area contributed by atoms with Crippen molar-refractivity contribution in [3.05, 3.63) is 30.1 Å². The second kappa shape index (κ2) is 6.20. The lowest BCUT2D eigenvalue weighted by atomic mass is 9.86. The molecule has 0 bridgehead atoms. The second-order valence-corrected chi connectivity index (χ2v) is 6.10. The zero-order valence-electron chi connectivity index (χ0n) is 12.2. The lowest BCUT2D eigenvalue weighted by Crippen LogP contribution is -2.37. The molecular weight excluding hydrogens is 252 g/mol. The number of nitrogens with one attached hydrogen (secondary N) is 1. The van der Waals surface area contributed by atoms with Crippen LogP contribution in [0.1, 0.15) is 38.3 Å². The number of aromatic nitrogens is 1. The molecule has 0 amide bonds. The van der Waals surface area contributed by atoms with E-state index >= 15 is 0 Å². The van der Waals surface area contributed by atoms with Gasteiger partial charge >= 0.3 is 0 Å². The minimum Gasteiger partial charge on any atom is -0.347 e. The van der Waals surface area contributed by atoms with Gasteiger partial charge in [-0.05, 0) is 30.9 Å². The normalized spacial score (nSPS) is 33.6. The first-order chi connectivity index (χ1) is 9.76. The van der Waals surface area contributed by atoms with Gasteiger partial charge in [0, 0.05) is 32.1 Å². The van der Waals surface area contributed by atoms with Crippen molar-refractivity contribution >= 4 is 0 Å². The van der Waals surface area contributed by atoms with E-state index in [1.165, 1.54) is 12.8 Å². The Morgan fingerprint density at radius 3 is 2.95 bits per heavy atom. The third-order valence-corrected chi connectivity index (χ3v) is 4.35. The fourth-order valence-corrected chi connectivity index (χ4v) is 3.05. The molecule has 1 spiro atoms. The number of rotatable bonds is 4. The molecule has 1 aliphatic carbocycles. The van der Waals surface area contributed by atoms with Crippen molar-refractivity contribution in [1.29, 1.82) is 0 Å². The van der Waals surface area contributed by atoms with Gasteiger partial charge in [-0.3, -0.25) is 4.98 Å². The number of hydrogen-bond acceptors (Lipinski definition) is 4. The zero-order valence-corrected chi connectivity index (χ0v) is 12.2. The Kier molecular flexibility index (Phi) is 4.34. The molecule has 0 unspecified atom stereocenters. The summed E-state index contributed by atoms with van der Waals surface area (Å²) in [6, 6.07) is 5.98. The molecule has 4 heteroatoms. The van der Waals surface area contributed by atoms with E-state index in [-0.39, 0.29) is 11.9 Å². The molecule has 2 fully saturated rings. The quantitative estimate of drug-likeness (QED) is 0.917. The van der Waals surface area contributed by atoms with Crippen LogP contribution in [0.5, 0.6) is 0 Å². The fourth-order valence-electron chi connectivity index (χ4n) is 3.05. The lowest BCUT2D eigenvalue weighted by molar-refractivity contribution is -0.191. The monoisotopic (exact) mass is 276 g/mol. The largest absolute Gasteiger partial charge is 0.347 e. The highest BCUT2D eigenvalue weighted by Gasteiger charge is 2.43. The highest BCUT2D eigenvalue weighted by molar-refractivity contribution is 5.02. The highest BCUT2D eigenvalue weighted by Crippen LogP contribution is 2.39. The molecule has 0 aromatic carbocycles. The molecule has 0 radical (unpaired) electrons. The van der Waals surface area contributed by atoms with Crippen molar-refractivity contribution in [2.24, 2.45) is 5.92 Å². The summed E-state index contributed by atoms with van der Waals surface area (Å²) in [5.41, 5.74) is 1.06. The van der Waals surface area contributed by atoms with Crippen molar-refractivity contribution < 1.29 is 9.47 Å². The molecule has 3 rings (SSSR count). The van der Waals surface area contributed by atoms with E-state index in [9.17, 15) is 0 Å². The van der Waals surface area contributed by atoms with Crippen LogP contribution in [0.15, 0.2) is 24.4 Å². The predicted octanol–water partition coefficient (Wildman–Crippen LogP) is 2.49. The molecular formula is C16H24N2O2. The molecule has 1 N–H and O–H groups in total. The summed E-state index contributed by atoms with van der Waals surface area (Å²) in [6.07, 6.45) is 6.52. The zero-order chi connectivity index (χ0) is 13.8. The van der Waals surface area contributed by atoms with Crippen molar-refractivity contribution in [3.63, 3.8) is 0 Å². The molecule has 4 nitrogen and oxygen atoms in total. The van der Waals surface area contributed by atoms with E-state index < -0.39 is 0 Å². The molecule has 20 heavy (non-hydrogen) atoms. The lowest BCUT2D eigenvalue weighted by Gasteiger charge is -2.34. The van der Waals surface area contributed by atoms with Gasteiger partial charge in [-0.15, -0.1) is 0 Å². The average molecular weight is 276 g/mol. The molecule has 1 saturated carbocycles. The van der Waals surface area contributed by atoms with Gasteiger partial charge in [0.05, 0.1) is 18.4 Å².